The van der Waals surface area contributed by atoms with E-state index in [4.69, 9.17) is 0 Å². The molecule has 1 heterocycles. The molecule has 2 aromatic rings. The molecular weight excluding hydrogens is 226 g/mol. The van der Waals surface area contributed by atoms with Crippen molar-refractivity contribution >= 4 is 6.29 Å². The fourth-order valence-corrected chi connectivity index (χ4v) is 2.12. The van der Waals surface area contributed by atoms with Crippen LogP contribution in [0.2, 0.25) is 0 Å². The van der Waals surface area contributed by atoms with Crippen molar-refractivity contribution < 1.29 is 4.79 Å². The van der Waals surface area contributed by atoms with Crippen LogP contribution in [0.15, 0.2) is 24.3 Å². The van der Waals surface area contributed by atoms with Crippen LogP contribution in [0.5, 0.6) is 0 Å². The fraction of sp³-hybridized carbons (Fsp3) is 0.357. The second kappa shape index (κ2) is 5.12. The Morgan fingerprint density at radius 3 is 2.67 bits per heavy atom. The van der Waals surface area contributed by atoms with E-state index in [-0.39, 0.29) is 5.92 Å². The van der Waals surface area contributed by atoms with Gasteiger partial charge in [-0.3, -0.25) is 4.79 Å². The van der Waals surface area contributed by atoms with Gasteiger partial charge in [0.05, 0.1) is 11.4 Å². The molecule has 0 aliphatic rings. The molecule has 0 aliphatic carbocycles. The third kappa shape index (κ3) is 2.06. The number of hydrogen-bond acceptors (Lipinski definition) is 3. The quantitative estimate of drug-likeness (QED) is 0.776. The lowest BCUT2D eigenvalue weighted by Gasteiger charge is -2.12. The lowest BCUT2D eigenvalue weighted by Crippen LogP contribution is -2.07. The maximum Gasteiger partial charge on any atom is 0.172 e. The van der Waals surface area contributed by atoms with Gasteiger partial charge in [-0.2, -0.15) is 0 Å². The smallest absolute Gasteiger partial charge is 0.172 e. The Morgan fingerprint density at radius 2 is 2.06 bits per heavy atom. The van der Waals surface area contributed by atoms with E-state index in [0.29, 0.717) is 5.69 Å². The Labute approximate surface area is 107 Å². The van der Waals surface area contributed by atoms with Crippen molar-refractivity contribution in [3.8, 4) is 5.69 Å². The minimum Gasteiger partial charge on any atom is -0.296 e. The summed E-state index contributed by atoms with van der Waals surface area (Å²) in [6.45, 7) is 6.18. The number of aryl methyl sites for hydroxylation is 1. The summed E-state index contributed by atoms with van der Waals surface area (Å²) in [5.74, 6) is 0.199. The SMILES string of the molecule is CCc1ccccc1-n1nnc(C=O)c1C(C)C. The van der Waals surface area contributed by atoms with E-state index in [0.717, 1.165) is 24.1 Å². The van der Waals surface area contributed by atoms with Gasteiger partial charge in [0.25, 0.3) is 0 Å². The van der Waals surface area contributed by atoms with Gasteiger partial charge in [-0.25, -0.2) is 4.68 Å². The third-order valence-electron chi connectivity index (χ3n) is 2.99. The minimum absolute atomic E-state index is 0.199. The van der Waals surface area contributed by atoms with E-state index in [1.807, 2.05) is 32.0 Å². The van der Waals surface area contributed by atoms with E-state index in [9.17, 15) is 4.79 Å². The van der Waals surface area contributed by atoms with Crippen molar-refractivity contribution in [3.63, 3.8) is 0 Å². The summed E-state index contributed by atoms with van der Waals surface area (Å²) in [5, 5.41) is 8.08. The van der Waals surface area contributed by atoms with Crippen LogP contribution in [0, 0.1) is 0 Å². The number of rotatable bonds is 4. The fourth-order valence-electron chi connectivity index (χ4n) is 2.12. The van der Waals surface area contributed by atoms with Gasteiger partial charge >= 0.3 is 0 Å². The summed E-state index contributed by atoms with van der Waals surface area (Å²) in [6, 6.07) is 8.06. The molecule has 1 aromatic carbocycles. The monoisotopic (exact) mass is 243 g/mol. The Kier molecular flexibility index (Phi) is 3.55. The molecule has 0 bridgehead atoms. The predicted octanol–water partition coefficient (Wildman–Crippen LogP) is 2.77. The van der Waals surface area contributed by atoms with Crippen LogP contribution < -0.4 is 0 Å². The molecule has 0 unspecified atom stereocenters. The van der Waals surface area contributed by atoms with Crippen LogP contribution in [0.25, 0.3) is 5.69 Å². The lowest BCUT2D eigenvalue weighted by atomic mass is 10.1. The topological polar surface area (TPSA) is 47.8 Å². The third-order valence-corrected chi connectivity index (χ3v) is 2.99. The van der Waals surface area contributed by atoms with Gasteiger partial charge in [-0.1, -0.05) is 44.2 Å². The first-order valence-corrected chi connectivity index (χ1v) is 6.18. The summed E-state index contributed by atoms with van der Waals surface area (Å²) in [4.78, 5) is 11.0. The van der Waals surface area contributed by atoms with Crippen molar-refractivity contribution in [2.75, 3.05) is 0 Å². The van der Waals surface area contributed by atoms with E-state index < -0.39 is 0 Å². The summed E-state index contributed by atoms with van der Waals surface area (Å²) in [6.07, 6.45) is 1.69. The molecule has 0 N–H and O–H groups in total. The van der Waals surface area contributed by atoms with E-state index in [1.54, 1.807) is 4.68 Å². The molecule has 0 atom stereocenters. The van der Waals surface area contributed by atoms with Gasteiger partial charge in [0.1, 0.15) is 5.69 Å². The van der Waals surface area contributed by atoms with Crippen LogP contribution in [0.4, 0.5) is 0 Å². The number of aldehydes is 1. The van der Waals surface area contributed by atoms with Crippen molar-refractivity contribution in [3.05, 3.63) is 41.2 Å². The highest BCUT2D eigenvalue weighted by molar-refractivity contribution is 5.74. The van der Waals surface area contributed by atoms with Gasteiger partial charge in [-0.05, 0) is 24.0 Å². The van der Waals surface area contributed by atoms with Gasteiger partial charge in [0, 0.05) is 0 Å². The molecule has 2 rings (SSSR count). The first kappa shape index (κ1) is 12.5. The maximum atomic E-state index is 11.0. The summed E-state index contributed by atoms with van der Waals surface area (Å²) in [7, 11) is 0. The van der Waals surface area contributed by atoms with Gasteiger partial charge in [-0.15, -0.1) is 5.10 Å². The highest BCUT2D eigenvalue weighted by Crippen LogP contribution is 2.22. The molecule has 0 saturated carbocycles. The molecule has 94 valence electrons. The first-order valence-electron chi connectivity index (χ1n) is 6.18. The molecule has 0 amide bonds. The Bertz CT molecular complexity index is 558. The molecule has 0 aliphatic heterocycles. The molecule has 1 aromatic heterocycles. The zero-order chi connectivity index (χ0) is 13.1. The van der Waals surface area contributed by atoms with Gasteiger partial charge in [0.15, 0.2) is 6.29 Å². The first-order chi connectivity index (χ1) is 8.69. The van der Waals surface area contributed by atoms with Crippen LogP contribution >= 0.6 is 0 Å². The van der Waals surface area contributed by atoms with Crippen molar-refractivity contribution in [2.45, 2.75) is 33.1 Å². The molecule has 0 saturated heterocycles. The van der Waals surface area contributed by atoms with Crippen LogP contribution in [-0.4, -0.2) is 21.3 Å². The molecule has 0 fully saturated rings. The van der Waals surface area contributed by atoms with Crippen molar-refractivity contribution in [1.29, 1.82) is 0 Å². The number of para-hydroxylation sites is 1. The minimum atomic E-state index is 0.199. The zero-order valence-electron chi connectivity index (χ0n) is 10.9. The van der Waals surface area contributed by atoms with Crippen LogP contribution in [-0.2, 0) is 6.42 Å². The zero-order valence-corrected chi connectivity index (χ0v) is 10.9. The highest BCUT2D eigenvalue weighted by atomic mass is 16.1. The molecule has 4 heteroatoms. The number of aromatic nitrogens is 3. The standard InChI is InChI=1S/C14H17N3O/c1-4-11-7-5-6-8-13(11)17-14(10(2)3)12(9-18)15-16-17/h5-10H,4H2,1-3H3. The van der Waals surface area contributed by atoms with Crippen molar-refractivity contribution in [1.82, 2.24) is 15.0 Å². The lowest BCUT2D eigenvalue weighted by molar-refractivity contribution is 0.111. The largest absolute Gasteiger partial charge is 0.296 e. The maximum absolute atomic E-state index is 11.0. The molecule has 0 radical (unpaired) electrons. The highest BCUT2D eigenvalue weighted by Gasteiger charge is 2.17. The molecule has 0 spiro atoms. The summed E-state index contributed by atoms with van der Waals surface area (Å²) < 4.78 is 1.78. The van der Waals surface area contributed by atoms with Gasteiger partial charge < -0.3 is 0 Å². The number of benzene rings is 1. The second-order valence-corrected chi connectivity index (χ2v) is 4.53. The van der Waals surface area contributed by atoms with E-state index in [1.165, 1.54) is 5.56 Å². The summed E-state index contributed by atoms with van der Waals surface area (Å²) in [5.41, 5.74) is 3.49. The van der Waals surface area contributed by atoms with Crippen LogP contribution in [0.3, 0.4) is 0 Å². The molecule has 4 nitrogen and oxygen atoms in total. The van der Waals surface area contributed by atoms with Crippen LogP contribution in [0.1, 0.15) is 48.4 Å². The molecule has 18 heavy (non-hydrogen) atoms. The Balaban J connectivity index is 2.64. The van der Waals surface area contributed by atoms with Crippen molar-refractivity contribution in [2.24, 2.45) is 0 Å². The Morgan fingerprint density at radius 1 is 1.33 bits per heavy atom. The second-order valence-electron chi connectivity index (χ2n) is 4.53. The molecular formula is C14H17N3O. The number of nitrogens with zero attached hydrogens (tertiary/aromatic N) is 3. The van der Waals surface area contributed by atoms with Gasteiger partial charge in [0.2, 0.25) is 0 Å². The number of hydrogen-bond donors (Lipinski definition) is 0. The predicted molar refractivity (Wildman–Crippen MR) is 70.2 cm³/mol. The summed E-state index contributed by atoms with van der Waals surface area (Å²) >= 11 is 0. The average molecular weight is 243 g/mol. The van der Waals surface area contributed by atoms with E-state index >= 15 is 0 Å². The average Bonchev–Trinajstić information content (AvgIpc) is 2.82. The van der Waals surface area contributed by atoms with E-state index in [2.05, 4.69) is 23.3 Å². The number of carbonyl (C=O) groups is 1. The normalized spacial score (nSPS) is 10.9. The Hall–Kier alpha value is -1.97. The number of carbonyl (C=O) groups excluding carboxylic acids is 1.